The Kier molecular flexibility index (Phi) is 32.5. The molecule has 4 aromatic rings. The van der Waals surface area contributed by atoms with Crippen molar-refractivity contribution in [3.05, 3.63) is 91.0 Å². The van der Waals surface area contributed by atoms with Gasteiger partial charge in [-0.15, -0.1) is 0 Å². The molecular weight excluding hydrogens is 1470 g/mol. The fourth-order valence-electron chi connectivity index (χ4n) is 19.0. The minimum absolute atomic E-state index is 0.0103. The Bertz CT molecular complexity index is 3310. The summed E-state index contributed by atoms with van der Waals surface area (Å²) in [5.74, 6) is -6.78. The highest BCUT2D eigenvalue weighted by molar-refractivity contribution is 5.74. The molecule has 0 heterocycles. The second-order valence-electron chi connectivity index (χ2n) is 38.7. The summed E-state index contributed by atoms with van der Waals surface area (Å²) >= 11 is 0. The Morgan fingerprint density at radius 1 is 0.276 bits per heavy atom. The van der Waals surface area contributed by atoms with Gasteiger partial charge >= 0.3 is 24.4 Å². The predicted octanol–water partition coefficient (Wildman–Crippen LogP) is 24.8. The number of rotatable bonds is 28. The molecule has 20 heteroatoms. The number of aromatic hydroxyl groups is 8. The molecule has 0 unspecified atom stereocenters. The van der Waals surface area contributed by atoms with Crippen molar-refractivity contribution in [1.29, 1.82) is 0 Å². The number of nitrogens with zero attached hydrogens (tertiary/aromatic N) is 4. The number of phenolic OH excluding ortho intramolecular Hbond substituents is 8. The molecule has 116 heavy (non-hydrogen) atoms. The Morgan fingerprint density at radius 3 is 0.569 bits per heavy atom. The van der Waals surface area contributed by atoms with Crippen LogP contribution in [-0.2, 0) is 45.1 Å². The molecule has 4 amide bonds. The lowest BCUT2D eigenvalue weighted by Crippen LogP contribution is -2.44. The molecule has 5 aliphatic carbocycles. The number of unbranched alkanes of at least 4 members (excludes halogenated alkanes) is 8. The highest BCUT2D eigenvalue weighted by Gasteiger charge is 2.43. The van der Waals surface area contributed by atoms with E-state index in [1.807, 2.05) is 0 Å². The largest absolute Gasteiger partial charge is 0.507 e. The molecule has 0 radical (unpaired) electrons. The van der Waals surface area contributed by atoms with Crippen LogP contribution < -0.4 is 0 Å². The first-order chi connectivity index (χ1) is 54.9. The van der Waals surface area contributed by atoms with Gasteiger partial charge in [-0.25, -0.2) is 19.2 Å². The van der Waals surface area contributed by atoms with Crippen molar-refractivity contribution in [2.75, 3.05) is 0 Å². The summed E-state index contributed by atoms with van der Waals surface area (Å²) < 4.78 is 25.2. The summed E-state index contributed by atoms with van der Waals surface area (Å²) in [7, 11) is 0. The van der Waals surface area contributed by atoms with Gasteiger partial charge in [0.25, 0.3) is 0 Å². The highest BCUT2D eigenvalue weighted by Crippen LogP contribution is 2.58. The lowest BCUT2D eigenvalue weighted by molar-refractivity contribution is 0.00856. The molecule has 8 N–H and O–H groups in total. The van der Waals surface area contributed by atoms with Gasteiger partial charge in [-0.05, 0) is 184 Å². The van der Waals surface area contributed by atoms with E-state index in [0.717, 1.165) is 103 Å². The molecule has 648 valence electrons. The van der Waals surface area contributed by atoms with Gasteiger partial charge in [0.05, 0.1) is 48.4 Å². The van der Waals surface area contributed by atoms with Gasteiger partial charge in [-0.2, -0.15) is 0 Å². The maximum atomic E-state index is 15.3. The molecular formula is C96H148N4O16. The van der Waals surface area contributed by atoms with Crippen LogP contribution in [0.15, 0.2) is 24.3 Å². The summed E-state index contributed by atoms with van der Waals surface area (Å²) in [6.45, 7) is 28.7. The van der Waals surface area contributed by atoms with E-state index in [2.05, 4.69) is 27.7 Å². The van der Waals surface area contributed by atoms with Crippen LogP contribution in [0.25, 0.3) is 0 Å². The quantitative estimate of drug-likeness (QED) is 0.0194. The lowest BCUT2D eigenvalue weighted by atomic mass is 9.74. The third-order valence-electron chi connectivity index (χ3n) is 25.0. The molecule has 0 aromatic heterocycles. The summed E-state index contributed by atoms with van der Waals surface area (Å²) in [6, 6.07) is 5.70. The lowest BCUT2D eigenvalue weighted by Gasteiger charge is -2.37. The molecule has 5 aliphatic rings. The summed E-state index contributed by atoms with van der Waals surface area (Å²) in [5.41, 5.74) is -1.59. The maximum absolute atomic E-state index is 15.3. The second kappa shape index (κ2) is 40.9. The van der Waals surface area contributed by atoms with E-state index in [-0.39, 0.29) is 189 Å². The summed E-state index contributed by atoms with van der Waals surface area (Å²) in [4.78, 5) is 67.6. The number of ether oxygens (including phenoxy) is 4. The molecule has 0 atom stereocenters. The van der Waals surface area contributed by atoms with Crippen molar-refractivity contribution >= 4 is 24.4 Å². The van der Waals surface area contributed by atoms with E-state index in [1.165, 1.54) is 0 Å². The number of fused-ring (bicyclic) bond motifs is 8. The van der Waals surface area contributed by atoms with Gasteiger partial charge in [0, 0.05) is 92.3 Å². The number of hydrogen-bond donors (Lipinski definition) is 8. The van der Waals surface area contributed by atoms with Crippen LogP contribution in [-0.4, -0.2) is 131 Å². The number of amides is 4. The monoisotopic (exact) mass is 1610 g/mol. The van der Waals surface area contributed by atoms with Crippen molar-refractivity contribution in [3.8, 4) is 46.0 Å². The molecule has 0 aliphatic heterocycles. The van der Waals surface area contributed by atoms with Crippen molar-refractivity contribution in [2.24, 2.45) is 0 Å². The zero-order valence-corrected chi connectivity index (χ0v) is 73.8. The number of hydrogen-bond acceptors (Lipinski definition) is 16. The second-order valence-corrected chi connectivity index (χ2v) is 38.7. The van der Waals surface area contributed by atoms with E-state index in [1.54, 1.807) is 127 Å². The third kappa shape index (κ3) is 23.5. The minimum Gasteiger partial charge on any atom is -0.507 e. The third-order valence-corrected chi connectivity index (χ3v) is 25.0. The van der Waals surface area contributed by atoms with E-state index < -0.39 is 70.4 Å². The fourth-order valence-corrected chi connectivity index (χ4v) is 19.0. The van der Waals surface area contributed by atoms with Crippen LogP contribution in [0.4, 0.5) is 19.2 Å². The van der Waals surface area contributed by atoms with Gasteiger partial charge in [0.1, 0.15) is 68.4 Å². The molecule has 4 aromatic carbocycles. The number of carbonyl (C=O) groups is 4. The van der Waals surface area contributed by atoms with Crippen molar-refractivity contribution in [1.82, 2.24) is 19.6 Å². The van der Waals surface area contributed by atoms with Crippen LogP contribution in [0.3, 0.4) is 0 Å². The van der Waals surface area contributed by atoms with E-state index in [4.69, 9.17) is 18.9 Å². The smallest absolute Gasteiger partial charge is 0.410 e. The van der Waals surface area contributed by atoms with Crippen LogP contribution >= 0.6 is 0 Å². The molecule has 8 bridgehead atoms. The van der Waals surface area contributed by atoms with Gasteiger partial charge in [0.2, 0.25) is 0 Å². The molecule has 0 spiro atoms. The number of carbonyl (C=O) groups excluding carboxylic acids is 4. The SMILES string of the molecule is CCCCCC1c2cc(c(O)c(CN(C(=O)OC(C)(C)C)C3CCCCC3)c2O)C(CCCCC)c2cc(c(O)c(CN(C(=O)OC(C)(C)C)C3CCCCC3)c2O)C(CCCCC)c2cc(c(O)c(CN(C(=O)OC(C)(C)C)C3CCCCC3)c2O)C(CCCCC)c2cc1c(O)c(CN(C(=O)OC(C)(C)C)C1CCCCC1)c2O. The maximum Gasteiger partial charge on any atom is 0.410 e. The Labute approximate surface area is 694 Å². The summed E-state index contributed by atoms with van der Waals surface area (Å²) in [5, 5.41) is 113. The fraction of sp³-hybridized carbons (Fsp3) is 0.708. The molecule has 4 fully saturated rings. The molecule has 9 rings (SSSR count). The topological polar surface area (TPSA) is 280 Å². The van der Waals surface area contributed by atoms with Crippen LogP contribution in [0.5, 0.6) is 46.0 Å². The first-order valence-corrected chi connectivity index (χ1v) is 45.2. The first-order valence-electron chi connectivity index (χ1n) is 45.2. The first kappa shape index (κ1) is 92.2. The van der Waals surface area contributed by atoms with Gasteiger partial charge in [-0.1, -0.05) is 182 Å². The van der Waals surface area contributed by atoms with Crippen molar-refractivity contribution in [3.63, 3.8) is 0 Å². The van der Waals surface area contributed by atoms with E-state index in [0.29, 0.717) is 103 Å². The van der Waals surface area contributed by atoms with E-state index >= 15 is 19.2 Å². The summed E-state index contributed by atoms with van der Waals surface area (Å²) in [6.07, 6.45) is 22.0. The predicted molar refractivity (Wildman–Crippen MR) is 458 cm³/mol. The van der Waals surface area contributed by atoms with Crippen molar-refractivity contribution < 1.29 is 79.0 Å². The highest BCUT2D eigenvalue weighted by atomic mass is 16.6. The van der Waals surface area contributed by atoms with E-state index in [9.17, 15) is 40.9 Å². The normalized spacial score (nSPS) is 19.0. The van der Waals surface area contributed by atoms with Crippen LogP contribution in [0.2, 0.25) is 0 Å². The molecule has 4 saturated carbocycles. The Hall–Kier alpha value is -7.64. The zero-order chi connectivity index (χ0) is 84.7. The average Bonchev–Trinajstić information content (AvgIpc) is 0.736. The standard InChI is InChI=1S/C96H148N4O16/c1-17-21-29-49-65-69-53-71(83(103)77(81(69)101)57-97(61-41-33-25-34-42-61)89(109)113-93(5,6)7)66(50-30-22-18-2)73-55-75(87(107)79(85(73)105)59-99(63-45-37-27-38-46-63)91(111)115-95(11,12)13)68(52-32-24-20-4)76-56-74(86(106)80(88(76)108)60-100(64-47-39-28-40-48-64)92(112)116-96(14,15)16)67(51-31-23-19-3)72-54-70(65)82(102)78(84(72)104)58-98(62-43-35-26-36-44-62)90(110)114-94(8,9)10/h53-56,61-68,101-108H,17-52,57-60H2,1-16H3. The molecule has 0 saturated heterocycles. The zero-order valence-electron chi connectivity index (χ0n) is 73.8. The number of phenols is 8. The van der Waals surface area contributed by atoms with Gasteiger partial charge in [-0.3, -0.25) is 0 Å². The minimum atomic E-state index is -1.01. The van der Waals surface area contributed by atoms with Crippen LogP contribution in [0.1, 0.15) is 432 Å². The molecule has 20 nitrogen and oxygen atoms in total. The van der Waals surface area contributed by atoms with Gasteiger partial charge in [0.15, 0.2) is 0 Å². The average molecular weight is 1610 g/mol. The number of benzene rings is 4. The Balaban J connectivity index is 1.55. The Morgan fingerprint density at radius 2 is 0.431 bits per heavy atom. The van der Waals surface area contributed by atoms with Gasteiger partial charge < -0.3 is 79.4 Å². The van der Waals surface area contributed by atoms with Crippen LogP contribution in [0, 0.1) is 0 Å². The van der Waals surface area contributed by atoms with Crippen molar-refractivity contribution in [2.45, 2.75) is 438 Å².